The molecule has 4 nitrogen and oxygen atoms in total. The zero-order chi connectivity index (χ0) is 15.2. The summed E-state index contributed by atoms with van der Waals surface area (Å²) in [5.41, 5.74) is 0.0733. The van der Waals surface area contributed by atoms with Crippen molar-refractivity contribution in [3.63, 3.8) is 0 Å². The van der Waals surface area contributed by atoms with Gasteiger partial charge in [-0.15, -0.1) is 0 Å². The van der Waals surface area contributed by atoms with Gasteiger partial charge in [-0.3, -0.25) is 0 Å². The van der Waals surface area contributed by atoms with E-state index in [0.717, 1.165) is 17.2 Å². The van der Waals surface area contributed by atoms with Crippen molar-refractivity contribution < 1.29 is 14.6 Å². The van der Waals surface area contributed by atoms with Crippen LogP contribution in [0.5, 0.6) is 11.5 Å². The molecule has 1 aromatic carbocycles. The number of benzene rings is 1. The van der Waals surface area contributed by atoms with Gasteiger partial charge in [0.2, 0.25) is 0 Å². The standard InChI is InChI=1S/C16H27NO3/c1-6-19-13-8-9-15(20-7-2)14(10-13)17-11-16(5,18)12(3)4/h8-10,12,17-18H,6-7,11H2,1-5H3. The Morgan fingerprint density at radius 1 is 1.20 bits per heavy atom. The third kappa shape index (κ3) is 4.60. The number of hydrogen-bond acceptors (Lipinski definition) is 4. The Morgan fingerprint density at radius 2 is 1.85 bits per heavy atom. The molecule has 0 heterocycles. The summed E-state index contributed by atoms with van der Waals surface area (Å²) in [7, 11) is 0. The number of aliphatic hydroxyl groups is 1. The highest BCUT2D eigenvalue weighted by Crippen LogP contribution is 2.30. The minimum absolute atomic E-state index is 0.167. The molecule has 2 N–H and O–H groups in total. The number of anilines is 1. The van der Waals surface area contributed by atoms with E-state index in [4.69, 9.17) is 9.47 Å². The maximum absolute atomic E-state index is 10.3. The van der Waals surface area contributed by atoms with Crippen LogP contribution in [0.15, 0.2) is 18.2 Å². The van der Waals surface area contributed by atoms with E-state index in [0.29, 0.717) is 19.8 Å². The van der Waals surface area contributed by atoms with Gasteiger partial charge < -0.3 is 19.9 Å². The minimum Gasteiger partial charge on any atom is -0.494 e. The molecular formula is C16H27NO3. The molecule has 0 aliphatic carbocycles. The monoisotopic (exact) mass is 281 g/mol. The smallest absolute Gasteiger partial charge is 0.142 e. The Morgan fingerprint density at radius 3 is 2.40 bits per heavy atom. The highest BCUT2D eigenvalue weighted by molar-refractivity contribution is 5.60. The lowest BCUT2D eigenvalue weighted by molar-refractivity contribution is 0.0266. The lowest BCUT2D eigenvalue weighted by Crippen LogP contribution is -2.38. The van der Waals surface area contributed by atoms with Gasteiger partial charge in [-0.2, -0.15) is 0 Å². The Labute approximate surface area is 122 Å². The first-order valence-corrected chi connectivity index (χ1v) is 7.26. The quantitative estimate of drug-likeness (QED) is 0.767. The lowest BCUT2D eigenvalue weighted by atomic mass is 9.92. The molecule has 1 aromatic rings. The van der Waals surface area contributed by atoms with Crippen molar-refractivity contribution in [2.45, 2.75) is 40.2 Å². The summed E-state index contributed by atoms with van der Waals surface area (Å²) in [6.07, 6.45) is 0. The van der Waals surface area contributed by atoms with Crippen LogP contribution >= 0.6 is 0 Å². The zero-order valence-corrected chi connectivity index (χ0v) is 13.2. The van der Waals surface area contributed by atoms with E-state index in [1.54, 1.807) is 0 Å². The molecule has 1 unspecified atom stereocenters. The normalized spacial score (nSPS) is 13.9. The molecular weight excluding hydrogens is 254 g/mol. The topological polar surface area (TPSA) is 50.7 Å². The van der Waals surface area contributed by atoms with Crippen LogP contribution in [0.1, 0.15) is 34.6 Å². The van der Waals surface area contributed by atoms with Crippen LogP contribution in [-0.4, -0.2) is 30.5 Å². The first-order chi connectivity index (χ1) is 9.40. The molecule has 0 radical (unpaired) electrons. The van der Waals surface area contributed by atoms with Crippen molar-refractivity contribution in [2.24, 2.45) is 5.92 Å². The highest BCUT2D eigenvalue weighted by Gasteiger charge is 2.24. The molecule has 114 valence electrons. The fraction of sp³-hybridized carbons (Fsp3) is 0.625. The molecule has 0 aliphatic rings. The second kappa shape index (κ2) is 7.39. The molecule has 0 fully saturated rings. The fourth-order valence-electron chi connectivity index (χ4n) is 1.66. The van der Waals surface area contributed by atoms with Gasteiger partial charge in [-0.05, 0) is 38.8 Å². The van der Waals surface area contributed by atoms with Gasteiger partial charge in [-0.25, -0.2) is 0 Å². The third-order valence-electron chi connectivity index (χ3n) is 3.44. The summed E-state index contributed by atoms with van der Waals surface area (Å²) >= 11 is 0. The van der Waals surface area contributed by atoms with Crippen molar-refractivity contribution in [3.8, 4) is 11.5 Å². The molecule has 1 atom stereocenters. The summed E-state index contributed by atoms with van der Waals surface area (Å²) in [5, 5.41) is 13.6. The van der Waals surface area contributed by atoms with Gasteiger partial charge in [0.15, 0.2) is 0 Å². The van der Waals surface area contributed by atoms with Crippen molar-refractivity contribution in [2.75, 3.05) is 25.1 Å². The van der Waals surface area contributed by atoms with Crippen LogP contribution in [0.4, 0.5) is 5.69 Å². The maximum atomic E-state index is 10.3. The predicted molar refractivity (Wildman–Crippen MR) is 82.7 cm³/mol. The average Bonchev–Trinajstić information content (AvgIpc) is 2.39. The van der Waals surface area contributed by atoms with E-state index in [9.17, 15) is 5.11 Å². The van der Waals surface area contributed by atoms with Crippen molar-refractivity contribution >= 4 is 5.69 Å². The molecule has 0 saturated heterocycles. The van der Waals surface area contributed by atoms with Crippen molar-refractivity contribution in [1.29, 1.82) is 0 Å². The lowest BCUT2D eigenvalue weighted by Gasteiger charge is -2.28. The van der Waals surface area contributed by atoms with Gasteiger partial charge in [-0.1, -0.05) is 13.8 Å². The van der Waals surface area contributed by atoms with Gasteiger partial charge in [0.1, 0.15) is 11.5 Å². The van der Waals surface area contributed by atoms with Gasteiger partial charge in [0, 0.05) is 12.6 Å². The van der Waals surface area contributed by atoms with Crippen LogP contribution < -0.4 is 14.8 Å². The molecule has 0 amide bonds. The second-order valence-corrected chi connectivity index (χ2v) is 5.39. The van der Waals surface area contributed by atoms with Crippen LogP contribution in [0, 0.1) is 5.92 Å². The maximum Gasteiger partial charge on any atom is 0.142 e. The van der Waals surface area contributed by atoms with E-state index in [2.05, 4.69) is 5.32 Å². The third-order valence-corrected chi connectivity index (χ3v) is 3.44. The van der Waals surface area contributed by atoms with E-state index >= 15 is 0 Å². The number of ether oxygens (including phenoxy) is 2. The van der Waals surface area contributed by atoms with Crippen molar-refractivity contribution in [3.05, 3.63) is 18.2 Å². The molecule has 4 heteroatoms. The average molecular weight is 281 g/mol. The Hall–Kier alpha value is -1.42. The molecule has 0 bridgehead atoms. The molecule has 0 spiro atoms. The zero-order valence-electron chi connectivity index (χ0n) is 13.2. The van der Waals surface area contributed by atoms with Crippen LogP contribution in [0.2, 0.25) is 0 Å². The summed E-state index contributed by atoms with van der Waals surface area (Å²) < 4.78 is 11.1. The predicted octanol–water partition coefficient (Wildman–Crippen LogP) is 3.30. The largest absolute Gasteiger partial charge is 0.494 e. The van der Waals surface area contributed by atoms with Gasteiger partial charge in [0.25, 0.3) is 0 Å². The van der Waals surface area contributed by atoms with Crippen molar-refractivity contribution in [1.82, 2.24) is 0 Å². The van der Waals surface area contributed by atoms with Crippen LogP contribution in [0.25, 0.3) is 0 Å². The van der Waals surface area contributed by atoms with E-state index in [1.165, 1.54) is 0 Å². The fourth-order valence-corrected chi connectivity index (χ4v) is 1.66. The van der Waals surface area contributed by atoms with Gasteiger partial charge in [0.05, 0.1) is 24.5 Å². The molecule has 0 saturated carbocycles. The Bertz CT molecular complexity index is 416. The number of hydrogen-bond donors (Lipinski definition) is 2. The van der Waals surface area contributed by atoms with E-state index in [-0.39, 0.29) is 5.92 Å². The molecule has 0 aromatic heterocycles. The second-order valence-electron chi connectivity index (χ2n) is 5.39. The minimum atomic E-state index is -0.773. The Balaban J connectivity index is 2.86. The SMILES string of the molecule is CCOc1ccc(OCC)c(NCC(C)(O)C(C)C)c1. The summed E-state index contributed by atoms with van der Waals surface area (Å²) in [4.78, 5) is 0. The summed E-state index contributed by atoms with van der Waals surface area (Å²) in [5.74, 6) is 1.73. The summed E-state index contributed by atoms with van der Waals surface area (Å²) in [6, 6.07) is 5.69. The van der Waals surface area contributed by atoms with E-state index < -0.39 is 5.60 Å². The first kappa shape index (κ1) is 16.6. The molecule has 20 heavy (non-hydrogen) atoms. The molecule has 1 rings (SSSR count). The summed E-state index contributed by atoms with van der Waals surface area (Å²) in [6.45, 7) is 11.4. The van der Waals surface area contributed by atoms with E-state index in [1.807, 2.05) is 52.8 Å². The molecule has 0 aliphatic heterocycles. The first-order valence-electron chi connectivity index (χ1n) is 7.26. The number of nitrogens with one attached hydrogen (secondary N) is 1. The number of rotatable bonds is 8. The van der Waals surface area contributed by atoms with Crippen LogP contribution in [-0.2, 0) is 0 Å². The van der Waals surface area contributed by atoms with Crippen LogP contribution in [0.3, 0.4) is 0 Å². The highest BCUT2D eigenvalue weighted by atomic mass is 16.5. The Kier molecular flexibility index (Phi) is 6.14. The van der Waals surface area contributed by atoms with Gasteiger partial charge >= 0.3 is 0 Å².